The standard InChI is InChI=1S/C18H19N3O2/c1-18(2,3)21(11-13-6-9-23-12-13)17(22)14-4-5-15-16(10-14)20-8-7-19-15/h4-10,12H,11H2,1-3H3. The lowest BCUT2D eigenvalue weighted by Gasteiger charge is -2.35. The summed E-state index contributed by atoms with van der Waals surface area (Å²) in [5, 5.41) is 0. The molecule has 0 N–H and O–H groups in total. The Labute approximate surface area is 135 Å². The molecule has 2 heterocycles. The van der Waals surface area contributed by atoms with E-state index in [1.54, 1.807) is 37.1 Å². The summed E-state index contributed by atoms with van der Waals surface area (Å²) in [5.74, 6) is -0.0359. The van der Waals surface area contributed by atoms with Gasteiger partial charge in [0, 0.05) is 35.6 Å². The Morgan fingerprint density at radius 2 is 1.87 bits per heavy atom. The number of rotatable bonds is 3. The molecule has 0 radical (unpaired) electrons. The molecular formula is C18H19N3O2. The van der Waals surface area contributed by atoms with Gasteiger partial charge in [0.2, 0.25) is 0 Å². The number of amides is 1. The summed E-state index contributed by atoms with van der Waals surface area (Å²) < 4.78 is 5.11. The molecule has 3 aromatic rings. The SMILES string of the molecule is CC(C)(C)N(Cc1ccoc1)C(=O)c1ccc2nccnc2c1. The van der Waals surface area contributed by atoms with Crippen molar-refractivity contribution in [2.24, 2.45) is 0 Å². The van der Waals surface area contributed by atoms with Crippen LogP contribution in [0.2, 0.25) is 0 Å². The quantitative estimate of drug-likeness (QED) is 0.741. The van der Waals surface area contributed by atoms with Gasteiger partial charge in [-0.25, -0.2) is 0 Å². The third-order valence-corrected chi connectivity index (χ3v) is 3.69. The number of furan rings is 1. The van der Waals surface area contributed by atoms with Crippen molar-refractivity contribution in [1.82, 2.24) is 14.9 Å². The number of benzene rings is 1. The first-order chi connectivity index (χ1) is 10.9. The molecule has 0 aliphatic carbocycles. The highest BCUT2D eigenvalue weighted by Gasteiger charge is 2.28. The molecule has 5 nitrogen and oxygen atoms in total. The number of aromatic nitrogens is 2. The van der Waals surface area contributed by atoms with Crippen molar-refractivity contribution in [3.8, 4) is 0 Å². The van der Waals surface area contributed by atoms with Crippen LogP contribution >= 0.6 is 0 Å². The molecule has 0 unspecified atom stereocenters. The molecule has 3 rings (SSSR count). The van der Waals surface area contributed by atoms with Crippen LogP contribution in [0, 0.1) is 0 Å². The minimum Gasteiger partial charge on any atom is -0.472 e. The fourth-order valence-corrected chi connectivity index (χ4v) is 2.43. The summed E-state index contributed by atoms with van der Waals surface area (Å²) in [6, 6.07) is 7.29. The molecule has 0 atom stereocenters. The number of fused-ring (bicyclic) bond motifs is 1. The third-order valence-electron chi connectivity index (χ3n) is 3.69. The summed E-state index contributed by atoms with van der Waals surface area (Å²) in [6.45, 7) is 6.56. The maximum Gasteiger partial charge on any atom is 0.254 e. The number of nitrogens with zero attached hydrogens (tertiary/aromatic N) is 3. The zero-order valence-electron chi connectivity index (χ0n) is 13.5. The zero-order valence-corrected chi connectivity index (χ0v) is 13.5. The predicted molar refractivity (Wildman–Crippen MR) is 87.9 cm³/mol. The first kappa shape index (κ1) is 15.2. The molecule has 0 fully saturated rings. The topological polar surface area (TPSA) is 59.2 Å². The molecule has 23 heavy (non-hydrogen) atoms. The van der Waals surface area contributed by atoms with Crippen molar-refractivity contribution in [2.45, 2.75) is 32.9 Å². The maximum atomic E-state index is 13.0. The second kappa shape index (κ2) is 5.83. The normalized spacial score (nSPS) is 11.6. The van der Waals surface area contributed by atoms with Crippen molar-refractivity contribution >= 4 is 16.9 Å². The highest BCUT2D eigenvalue weighted by atomic mass is 16.3. The Kier molecular flexibility index (Phi) is 3.86. The molecule has 0 saturated heterocycles. The van der Waals surface area contributed by atoms with E-state index in [1.807, 2.05) is 37.8 Å². The molecule has 0 bridgehead atoms. The van der Waals surface area contributed by atoms with Gasteiger partial charge < -0.3 is 9.32 Å². The van der Waals surface area contributed by atoms with Gasteiger partial charge in [-0.15, -0.1) is 0 Å². The van der Waals surface area contributed by atoms with Crippen LogP contribution in [0.15, 0.2) is 53.6 Å². The maximum absolute atomic E-state index is 13.0. The Morgan fingerprint density at radius 3 is 2.52 bits per heavy atom. The summed E-state index contributed by atoms with van der Waals surface area (Å²) in [6.07, 6.45) is 6.55. The summed E-state index contributed by atoms with van der Waals surface area (Å²) in [4.78, 5) is 23.3. The van der Waals surface area contributed by atoms with Crippen molar-refractivity contribution in [2.75, 3.05) is 0 Å². The van der Waals surface area contributed by atoms with Crippen LogP contribution in [0.3, 0.4) is 0 Å². The summed E-state index contributed by atoms with van der Waals surface area (Å²) >= 11 is 0. The fraction of sp³-hybridized carbons (Fsp3) is 0.278. The average Bonchev–Trinajstić information content (AvgIpc) is 3.03. The molecule has 0 spiro atoms. The van der Waals surface area contributed by atoms with Crippen LogP contribution < -0.4 is 0 Å². The third kappa shape index (κ3) is 3.23. The van der Waals surface area contributed by atoms with E-state index in [1.165, 1.54) is 0 Å². The molecule has 118 valence electrons. The largest absolute Gasteiger partial charge is 0.472 e. The predicted octanol–water partition coefficient (Wildman–Crippen LogP) is 3.66. The van der Waals surface area contributed by atoms with Gasteiger partial charge in [0.1, 0.15) is 0 Å². The van der Waals surface area contributed by atoms with Crippen LogP contribution in [0.1, 0.15) is 36.7 Å². The Bertz CT molecular complexity index is 820. The molecule has 0 aliphatic rings. The number of hydrogen-bond donors (Lipinski definition) is 0. The zero-order chi connectivity index (χ0) is 16.4. The van der Waals surface area contributed by atoms with E-state index in [9.17, 15) is 4.79 Å². The highest BCUT2D eigenvalue weighted by molar-refractivity contribution is 5.97. The lowest BCUT2D eigenvalue weighted by molar-refractivity contribution is 0.0558. The van der Waals surface area contributed by atoms with Gasteiger partial charge in [0.15, 0.2) is 0 Å². The second-order valence-electron chi connectivity index (χ2n) is 6.45. The smallest absolute Gasteiger partial charge is 0.254 e. The lowest BCUT2D eigenvalue weighted by atomic mass is 10.0. The van der Waals surface area contributed by atoms with Crippen molar-refractivity contribution in [3.63, 3.8) is 0 Å². The monoisotopic (exact) mass is 309 g/mol. The average molecular weight is 309 g/mol. The number of hydrogen-bond acceptors (Lipinski definition) is 4. The number of carbonyl (C=O) groups is 1. The van der Waals surface area contributed by atoms with E-state index in [0.29, 0.717) is 12.1 Å². The Balaban J connectivity index is 1.95. The van der Waals surface area contributed by atoms with Gasteiger partial charge in [-0.2, -0.15) is 0 Å². The molecule has 2 aromatic heterocycles. The van der Waals surface area contributed by atoms with E-state index in [0.717, 1.165) is 16.6 Å². The summed E-state index contributed by atoms with van der Waals surface area (Å²) in [5.41, 5.74) is 2.76. The lowest BCUT2D eigenvalue weighted by Crippen LogP contribution is -2.45. The molecular weight excluding hydrogens is 290 g/mol. The van der Waals surface area contributed by atoms with E-state index in [4.69, 9.17) is 4.42 Å². The molecule has 0 saturated carbocycles. The first-order valence-electron chi connectivity index (χ1n) is 7.49. The van der Waals surface area contributed by atoms with Crippen molar-refractivity contribution in [1.29, 1.82) is 0 Å². The van der Waals surface area contributed by atoms with Crippen molar-refractivity contribution < 1.29 is 9.21 Å². The van der Waals surface area contributed by atoms with Crippen LogP contribution in [-0.4, -0.2) is 26.3 Å². The Morgan fingerprint density at radius 1 is 1.13 bits per heavy atom. The van der Waals surface area contributed by atoms with Crippen LogP contribution in [0.25, 0.3) is 11.0 Å². The minimum atomic E-state index is -0.314. The van der Waals surface area contributed by atoms with Gasteiger partial charge in [-0.3, -0.25) is 14.8 Å². The molecule has 1 aromatic carbocycles. The number of carbonyl (C=O) groups excluding carboxylic acids is 1. The molecule has 1 amide bonds. The minimum absolute atomic E-state index is 0.0359. The molecule has 5 heteroatoms. The van der Waals surface area contributed by atoms with Gasteiger partial charge in [0.25, 0.3) is 5.91 Å². The van der Waals surface area contributed by atoms with Gasteiger partial charge in [-0.1, -0.05) is 0 Å². The van der Waals surface area contributed by atoms with E-state index >= 15 is 0 Å². The first-order valence-corrected chi connectivity index (χ1v) is 7.49. The second-order valence-corrected chi connectivity index (χ2v) is 6.45. The van der Waals surface area contributed by atoms with Gasteiger partial charge >= 0.3 is 0 Å². The van der Waals surface area contributed by atoms with Gasteiger partial charge in [-0.05, 0) is 45.0 Å². The van der Waals surface area contributed by atoms with Crippen molar-refractivity contribution in [3.05, 3.63) is 60.3 Å². The van der Waals surface area contributed by atoms with E-state index in [2.05, 4.69) is 9.97 Å². The highest BCUT2D eigenvalue weighted by Crippen LogP contribution is 2.22. The Hall–Kier alpha value is -2.69. The summed E-state index contributed by atoms with van der Waals surface area (Å²) in [7, 11) is 0. The van der Waals surface area contributed by atoms with Crippen LogP contribution in [0.5, 0.6) is 0 Å². The molecule has 0 aliphatic heterocycles. The fourth-order valence-electron chi connectivity index (χ4n) is 2.43. The van der Waals surface area contributed by atoms with Crippen LogP contribution in [-0.2, 0) is 6.54 Å². The van der Waals surface area contributed by atoms with E-state index in [-0.39, 0.29) is 11.4 Å². The van der Waals surface area contributed by atoms with Crippen LogP contribution in [0.4, 0.5) is 0 Å². The van der Waals surface area contributed by atoms with E-state index < -0.39 is 0 Å². The van der Waals surface area contributed by atoms with Gasteiger partial charge in [0.05, 0.1) is 23.6 Å².